The van der Waals surface area contributed by atoms with E-state index < -0.39 is 11.6 Å². The number of ether oxygens (including phenoxy) is 2. The van der Waals surface area contributed by atoms with Gasteiger partial charge in [-0.3, -0.25) is 0 Å². The lowest BCUT2D eigenvalue weighted by Gasteiger charge is -2.20. The number of aliphatic hydroxyl groups is 1. The third-order valence-corrected chi connectivity index (χ3v) is 2.64. The van der Waals surface area contributed by atoms with E-state index in [0.29, 0.717) is 30.4 Å². The van der Waals surface area contributed by atoms with Gasteiger partial charge in [-0.05, 0) is 32.9 Å². The molecule has 1 unspecified atom stereocenters. The number of aliphatic carboxylic acids is 1. The van der Waals surface area contributed by atoms with Crippen LogP contribution in [0.4, 0.5) is 5.69 Å². The molecule has 0 bridgehead atoms. The molecule has 1 atom stereocenters. The number of hydrogen-bond donors (Lipinski definition) is 3. The molecule has 0 saturated heterocycles. The van der Waals surface area contributed by atoms with Gasteiger partial charge in [-0.1, -0.05) is 0 Å². The van der Waals surface area contributed by atoms with Crippen molar-refractivity contribution in [3.8, 4) is 11.5 Å². The van der Waals surface area contributed by atoms with Crippen LogP contribution in [0.5, 0.6) is 11.5 Å². The van der Waals surface area contributed by atoms with Gasteiger partial charge in [0.1, 0.15) is 0 Å². The number of carboxylic acid groups (broad SMARTS) is 1. The molecule has 1 rings (SSSR count). The number of rotatable bonds is 8. The molecule has 20 heavy (non-hydrogen) atoms. The van der Waals surface area contributed by atoms with E-state index in [2.05, 4.69) is 5.32 Å². The van der Waals surface area contributed by atoms with Crippen molar-refractivity contribution in [2.24, 2.45) is 0 Å². The summed E-state index contributed by atoms with van der Waals surface area (Å²) in [5.74, 6) is -0.0693. The van der Waals surface area contributed by atoms with Crippen LogP contribution in [0.2, 0.25) is 0 Å². The molecule has 0 aliphatic rings. The number of hydrogen-bond acceptors (Lipinski definition) is 5. The Morgan fingerprint density at radius 3 is 2.40 bits per heavy atom. The summed E-state index contributed by atoms with van der Waals surface area (Å²) in [6.07, 6.45) is 0. The minimum Gasteiger partial charge on any atom is -0.490 e. The van der Waals surface area contributed by atoms with Gasteiger partial charge in [-0.15, -0.1) is 0 Å². The Morgan fingerprint density at radius 1 is 1.25 bits per heavy atom. The number of anilines is 1. The molecule has 0 radical (unpaired) electrons. The maximum Gasteiger partial charge on any atom is 0.337 e. The number of carboxylic acids is 1. The topological polar surface area (TPSA) is 88.0 Å². The van der Waals surface area contributed by atoms with Gasteiger partial charge in [-0.25, -0.2) is 4.79 Å². The fourth-order valence-corrected chi connectivity index (χ4v) is 1.51. The normalized spacial score (nSPS) is 13.4. The minimum atomic E-state index is -1.83. The van der Waals surface area contributed by atoms with E-state index in [1.54, 1.807) is 18.2 Å². The van der Waals surface area contributed by atoms with Gasteiger partial charge in [0, 0.05) is 11.8 Å². The molecule has 0 saturated carbocycles. The predicted molar refractivity (Wildman–Crippen MR) is 75.5 cm³/mol. The molecule has 0 fully saturated rings. The van der Waals surface area contributed by atoms with E-state index in [4.69, 9.17) is 14.6 Å². The Bertz CT molecular complexity index is 459. The zero-order valence-corrected chi connectivity index (χ0v) is 12.0. The first-order chi connectivity index (χ1) is 9.40. The molecule has 6 heteroatoms. The van der Waals surface area contributed by atoms with E-state index in [1.807, 2.05) is 13.8 Å². The van der Waals surface area contributed by atoms with Crippen LogP contribution >= 0.6 is 0 Å². The zero-order chi connectivity index (χ0) is 15.2. The van der Waals surface area contributed by atoms with Gasteiger partial charge < -0.3 is 25.0 Å². The standard InChI is InChI=1S/C14H21NO5/c1-4-19-11-7-6-10(8-12(11)20-5-2)15-9-14(3,18)13(16)17/h6-8,15,18H,4-5,9H2,1-3H3,(H,16,17). The lowest BCUT2D eigenvalue weighted by atomic mass is 10.1. The average Bonchev–Trinajstić information content (AvgIpc) is 2.39. The smallest absolute Gasteiger partial charge is 0.337 e. The number of nitrogens with one attached hydrogen (secondary N) is 1. The lowest BCUT2D eigenvalue weighted by molar-refractivity contribution is -0.155. The maximum atomic E-state index is 10.8. The molecule has 0 aliphatic carbocycles. The van der Waals surface area contributed by atoms with Crippen molar-refractivity contribution in [2.75, 3.05) is 25.1 Å². The Kier molecular flexibility index (Phi) is 5.64. The minimum absolute atomic E-state index is 0.109. The van der Waals surface area contributed by atoms with Crippen LogP contribution in [0.1, 0.15) is 20.8 Å². The number of carbonyl (C=O) groups is 1. The second-order valence-corrected chi connectivity index (χ2v) is 4.46. The van der Waals surface area contributed by atoms with Crippen molar-refractivity contribution in [2.45, 2.75) is 26.4 Å². The van der Waals surface area contributed by atoms with Crippen LogP contribution < -0.4 is 14.8 Å². The van der Waals surface area contributed by atoms with Crippen molar-refractivity contribution in [3.05, 3.63) is 18.2 Å². The third-order valence-electron chi connectivity index (χ3n) is 2.64. The second kappa shape index (κ2) is 7.00. The van der Waals surface area contributed by atoms with Crippen molar-refractivity contribution >= 4 is 11.7 Å². The van der Waals surface area contributed by atoms with E-state index in [-0.39, 0.29) is 6.54 Å². The van der Waals surface area contributed by atoms with Crippen molar-refractivity contribution in [1.29, 1.82) is 0 Å². The fourth-order valence-electron chi connectivity index (χ4n) is 1.51. The van der Waals surface area contributed by atoms with E-state index in [9.17, 15) is 9.90 Å². The van der Waals surface area contributed by atoms with E-state index in [0.717, 1.165) is 0 Å². The number of benzene rings is 1. The zero-order valence-electron chi connectivity index (χ0n) is 12.0. The van der Waals surface area contributed by atoms with E-state index in [1.165, 1.54) is 6.92 Å². The molecule has 0 heterocycles. The van der Waals surface area contributed by atoms with Crippen LogP contribution in [-0.4, -0.2) is 41.5 Å². The summed E-state index contributed by atoms with van der Waals surface area (Å²) in [7, 11) is 0. The van der Waals surface area contributed by atoms with E-state index >= 15 is 0 Å². The highest BCUT2D eigenvalue weighted by Crippen LogP contribution is 2.30. The molecule has 0 aromatic heterocycles. The molecule has 1 aromatic carbocycles. The van der Waals surface area contributed by atoms with Gasteiger partial charge in [-0.2, -0.15) is 0 Å². The summed E-state index contributed by atoms with van der Waals surface area (Å²) in [5, 5.41) is 21.4. The van der Waals surface area contributed by atoms with Gasteiger partial charge in [0.25, 0.3) is 0 Å². The third kappa shape index (κ3) is 4.31. The second-order valence-electron chi connectivity index (χ2n) is 4.46. The first-order valence-electron chi connectivity index (χ1n) is 6.50. The molecule has 1 aromatic rings. The molecular formula is C14H21NO5. The quantitative estimate of drug-likeness (QED) is 0.673. The van der Waals surface area contributed by atoms with Crippen molar-refractivity contribution < 1.29 is 24.5 Å². The summed E-state index contributed by atoms with van der Waals surface area (Å²) in [5.41, 5.74) is -1.18. The molecule has 0 aliphatic heterocycles. The Labute approximate surface area is 118 Å². The van der Waals surface area contributed by atoms with Gasteiger partial charge in [0.15, 0.2) is 17.1 Å². The summed E-state index contributed by atoms with van der Waals surface area (Å²) in [4.78, 5) is 10.8. The average molecular weight is 283 g/mol. The van der Waals surface area contributed by atoms with Gasteiger partial charge in [0.05, 0.1) is 19.8 Å². The first kappa shape index (κ1) is 16.1. The van der Waals surface area contributed by atoms with Crippen LogP contribution in [0.15, 0.2) is 18.2 Å². The van der Waals surface area contributed by atoms with Crippen molar-refractivity contribution in [1.82, 2.24) is 0 Å². The molecule has 112 valence electrons. The van der Waals surface area contributed by atoms with Crippen LogP contribution in [0, 0.1) is 0 Å². The largest absolute Gasteiger partial charge is 0.490 e. The highest BCUT2D eigenvalue weighted by Gasteiger charge is 2.29. The van der Waals surface area contributed by atoms with Crippen LogP contribution in [0.25, 0.3) is 0 Å². The Morgan fingerprint density at radius 2 is 1.85 bits per heavy atom. The summed E-state index contributed by atoms with van der Waals surface area (Å²) in [6, 6.07) is 5.20. The monoisotopic (exact) mass is 283 g/mol. The van der Waals surface area contributed by atoms with Crippen LogP contribution in [-0.2, 0) is 4.79 Å². The molecule has 6 nitrogen and oxygen atoms in total. The Balaban J connectivity index is 2.81. The van der Waals surface area contributed by atoms with Gasteiger partial charge >= 0.3 is 5.97 Å². The summed E-state index contributed by atoms with van der Waals surface area (Å²) >= 11 is 0. The molecule has 3 N–H and O–H groups in total. The Hall–Kier alpha value is -1.95. The molecular weight excluding hydrogens is 262 g/mol. The van der Waals surface area contributed by atoms with Crippen LogP contribution in [0.3, 0.4) is 0 Å². The predicted octanol–water partition coefficient (Wildman–Crippen LogP) is 1.73. The highest BCUT2D eigenvalue weighted by atomic mass is 16.5. The lowest BCUT2D eigenvalue weighted by Crippen LogP contribution is -2.41. The van der Waals surface area contributed by atoms with Gasteiger partial charge in [0.2, 0.25) is 0 Å². The highest BCUT2D eigenvalue weighted by molar-refractivity contribution is 5.77. The summed E-state index contributed by atoms with van der Waals surface area (Å²) < 4.78 is 10.9. The SMILES string of the molecule is CCOc1ccc(NCC(C)(O)C(=O)O)cc1OCC. The maximum absolute atomic E-state index is 10.8. The first-order valence-corrected chi connectivity index (χ1v) is 6.50. The fraction of sp³-hybridized carbons (Fsp3) is 0.500. The molecule has 0 spiro atoms. The summed E-state index contributed by atoms with van der Waals surface area (Å²) in [6.45, 7) is 5.90. The molecule has 0 amide bonds. The van der Waals surface area contributed by atoms with Crippen molar-refractivity contribution in [3.63, 3.8) is 0 Å².